The van der Waals surface area contributed by atoms with Crippen molar-refractivity contribution in [2.45, 2.75) is 44.2 Å². The molecule has 33 heavy (non-hydrogen) atoms. The van der Waals surface area contributed by atoms with Crippen LogP contribution < -0.4 is 4.90 Å². The van der Waals surface area contributed by atoms with Crippen LogP contribution in [0, 0.1) is 5.92 Å². The monoisotopic (exact) mass is 463 g/mol. The number of thiazole rings is 1. The van der Waals surface area contributed by atoms with Gasteiger partial charge in [-0.25, -0.2) is 9.37 Å². The number of halogens is 1. The number of aromatic nitrogens is 1. The molecule has 6 heteroatoms. The molecule has 1 aliphatic carbocycles. The van der Waals surface area contributed by atoms with Crippen LogP contribution in [-0.2, 0) is 4.74 Å². The Hall–Kier alpha value is -2.28. The fourth-order valence-electron chi connectivity index (χ4n) is 5.48. The SMILES string of the molecule is CN1CCC(OC(c2cccc(N3CC4CCC=C4C3F)c2)c2nc3ccccc3s2)CC1. The van der Waals surface area contributed by atoms with Crippen LogP contribution in [0.25, 0.3) is 10.2 Å². The lowest BCUT2D eigenvalue weighted by molar-refractivity contribution is -0.0234. The first-order valence-electron chi connectivity index (χ1n) is 12.1. The molecular formula is C27H30FN3OS. The van der Waals surface area contributed by atoms with Gasteiger partial charge >= 0.3 is 0 Å². The Morgan fingerprint density at radius 3 is 2.76 bits per heavy atom. The van der Waals surface area contributed by atoms with Gasteiger partial charge in [-0.1, -0.05) is 30.3 Å². The third-order valence-corrected chi connectivity index (χ3v) is 8.45. The van der Waals surface area contributed by atoms with E-state index in [-0.39, 0.29) is 12.2 Å². The summed E-state index contributed by atoms with van der Waals surface area (Å²) in [6.45, 7) is 2.86. The molecule has 3 aromatic rings. The van der Waals surface area contributed by atoms with E-state index in [1.807, 2.05) is 23.1 Å². The maximum Gasteiger partial charge on any atom is 0.194 e. The molecule has 0 radical (unpaired) electrons. The zero-order chi connectivity index (χ0) is 22.4. The maximum absolute atomic E-state index is 15.2. The number of hydrogen-bond acceptors (Lipinski definition) is 5. The van der Waals surface area contributed by atoms with Crippen molar-refractivity contribution in [1.82, 2.24) is 9.88 Å². The quantitative estimate of drug-likeness (QED) is 0.345. The topological polar surface area (TPSA) is 28.6 Å². The van der Waals surface area contributed by atoms with Gasteiger partial charge in [0.25, 0.3) is 0 Å². The highest BCUT2D eigenvalue weighted by Gasteiger charge is 2.39. The number of ether oxygens (including phenoxy) is 1. The highest BCUT2D eigenvalue weighted by Crippen LogP contribution is 2.42. The van der Waals surface area contributed by atoms with Crippen molar-refractivity contribution in [3.05, 3.63) is 70.8 Å². The Bertz CT molecular complexity index is 1140. The van der Waals surface area contributed by atoms with Crippen molar-refractivity contribution in [2.24, 2.45) is 5.92 Å². The molecule has 172 valence electrons. The predicted molar refractivity (Wildman–Crippen MR) is 133 cm³/mol. The highest BCUT2D eigenvalue weighted by molar-refractivity contribution is 7.18. The molecule has 3 unspecified atom stereocenters. The van der Waals surface area contributed by atoms with Crippen molar-refractivity contribution in [3.63, 3.8) is 0 Å². The molecule has 0 spiro atoms. The van der Waals surface area contributed by atoms with Crippen LogP contribution in [0.4, 0.5) is 10.1 Å². The van der Waals surface area contributed by atoms with Gasteiger partial charge in [-0.05, 0) is 68.1 Å². The molecule has 6 rings (SSSR count). The second-order valence-corrected chi connectivity index (χ2v) is 10.7. The van der Waals surface area contributed by atoms with E-state index in [0.717, 1.165) is 72.7 Å². The zero-order valence-corrected chi connectivity index (χ0v) is 19.8. The highest BCUT2D eigenvalue weighted by atomic mass is 32.1. The van der Waals surface area contributed by atoms with Gasteiger partial charge < -0.3 is 14.5 Å². The van der Waals surface area contributed by atoms with E-state index >= 15 is 4.39 Å². The van der Waals surface area contributed by atoms with Crippen LogP contribution in [0.5, 0.6) is 0 Å². The molecule has 2 aromatic carbocycles. The summed E-state index contributed by atoms with van der Waals surface area (Å²) in [5.41, 5.74) is 3.98. The second kappa shape index (κ2) is 8.82. The molecule has 4 nitrogen and oxygen atoms in total. The number of allylic oxidation sites excluding steroid dienone is 1. The zero-order valence-electron chi connectivity index (χ0n) is 19.0. The standard InChI is InChI=1S/C27H30FN3OS/c1-30-14-12-21(13-15-30)32-25(27-29-23-10-2-3-11-24(23)33-27)18-6-4-8-20(16-18)31-17-19-7-5-9-22(19)26(31)28/h2-4,6,8-11,16,19,21,25-26H,5,7,12-15,17H2,1H3. The lowest BCUT2D eigenvalue weighted by Crippen LogP contribution is -2.35. The first kappa shape index (κ1) is 21.3. The summed E-state index contributed by atoms with van der Waals surface area (Å²) in [5, 5.41) is 0.977. The summed E-state index contributed by atoms with van der Waals surface area (Å²) >= 11 is 1.70. The van der Waals surface area contributed by atoms with E-state index in [1.54, 1.807) is 11.3 Å². The summed E-state index contributed by atoms with van der Waals surface area (Å²) in [6, 6.07) is 16.6. The number of nitrogens with zero attached hydrogens (tertiary/aromatic N) is 3. The molecule has 1 aromatic heterocycles. The van der Waals surface area contributed by atoms with Crippen LogP contribution in [0.1, 0.15) is 42.4 Å². The molecule has 0 saturated carbocycles. The fraction of sp³-hybridized carbons (Fsp3) is 0.444. The van der Waals surface area contributed by atoms with Crippen LogP contribution >= 0.6 is 11.3 Å². The normalized spacial score (nSPS) is 24.9. The summed E-state index contributed by atoms with van der Waals surface area (Å²) in [7, 11) is 2.17. The van der Waals surface area contributed by atoms with Crippen molar-refractivity contribution < 1.29 is 9.13 Å². The van der Waals surface area contributed by atoms with E-state index in [1.165, 1.54) is 4.70 Å². The molecule has 3 aliphatic rings. The minimum atomic E-state index is -1.01. The third-order valence-electron chi connectivity index (χ3n) is 7.37. The molecule has 3 atom stereocenters. The predicted octanol–water partition coefficient (Wildman–Crippen LogP) is 5.95. The molecule has 3 heterocycles. The number of benzene rings is 2. The summed E-state index contributed by atoms with van der Waals surface area (Å²) in [4.78, 5) is 9.22. The van der Waals surface area contributed by atoms with Gasteiger partial charge in [0.15, 0.2) is 6.30 Å². The second-order valence-electron chi connectivity index (χ2n) is 9.60. The molecule has 2 aliphatic heterocycles. The number of fused-ring (bicyclic) bond motifs is 2. The molecule has 0 amide bonds. The van der Waals surface area contributed by atoms with Crippen LogP contribution in [0.15, 0.2) is 60.2 Å². The maximum atomic E-state index is 15.2. The lowest BCUT2D eigenvalue weighted by atomic mass is 10.1. The Balaban J connectivity index is 1.34. The van der Waals surface area contributed by atoms with Gasteiger partial charge in [-0.2, -0.15) is 0 Å². The molecule has 0 bridgehead atoms. The number of rotatable bonds is 5. The van der Waals surface area contributed by atoms with Crippen molar-refractivity contribution >= 4 is 27.2 Å². The number of likely N-dealkylation sites (tertiary alicyclic amines) is 1. The van der Waals surface area contributed by atoms with Gasteiger partial charge in [-0.15, -0.1) is 11.3 Å². The van der Waals surface area contributed by atoms with E-state index in [2.05, 4.69) is 48.4 Å². The number of para-hydroxylation sites is 1. The smallest absolute Gasteiger partial charge is 0.194 e. The molecule has 2 saturated heterocycles. The minimum Gasteiger partial charge on any atom is -0.363 e. The first-order chi connectivity index (χ1) is 16.2. The van der Waals surface area contributed by atoms with Crippen molar-refractivity contribution in [2.75, 3.05) is 31.6 Å². The van der Waals surface area contributed by atoms with Crippen molar-refractivity contribution in [1.29, 1.82) is 0 Å². The molecular weight excluding hydrogens is 433 g/mol. The fourth-order valence-corrected chi connectivity index (χ4v) is 6.51. The van der Waals surface area contributed by atoms with Gasteiger partial charge in [0, 0.05) is 31.2 Å². The molecule has 2 fully saturated rings. The minimum absolute atomic E-state index is 0.201. The lowest BCUT2D eigenvalue weighted by Gasteiger charge is -2.32. The number of hydrogen-bond donors (Lipinski definition) is 0. The summed E-state index contributed by atoms with van der Waals surface area (Å²) < 4.78 is 23.2. The number of piperidine rings is 1. The van der Waals surface area contributed by atoms with E-state index in [9.17, 15) is 0 Å². The van der Waals surface area contributed by atoms with Gasteiger partial charge in [-0.3, -0.25) is 0 Å². The Kier molecular flexibility index (Phi) is 5.68. The average molecular weight is 464 g/mol. The van der Waals surface area contributed by atoms with Crippen LogP contribution in [0.2, 0.25) is 0 Å². The Morgan fingerprint density at radius 1 is 1.09 bits per heavy atom. The van der Waals surface area contributed by atoms with Gasteiger partial charge in [0.05, 0.1) is 16.3 Å². The van der Waals surface area contributed by atoms with Crippen LogP contribution in [0.3, 0.4) is 0 Å². The first-order valence-corrected chi connectivity index (χ1v) is 12.9. The summed E-state index contributed by atoms with van der Waals surface area (Å²) in [6.07, 6.45) is 5.17. The van der Waals surface area contributed by atoms with Crippen molar-refractivity contribution in [3.8, 4) is 0 Å². The van der Waals surface area contributed by atoms with Gasteiger partial charge in [0.1, 0.15) is 11.1 Å². The van der Waals surface area contributed by atoms with Crippen LogP contribution in [-0.4, -0.2) is 49.0 Å². The number of anilines is 1. The van der Waals surface area contributed by atoms with E-state index in [4.69, 9.17) is 9.72 Å². The summed E-state index contributed by atoms with van der Waals surface area (Å²) in [5.74, 6) is 0.360. The average Bonchev–Trinajstić information content (AvgIpc) is 3.55. The van der Waals surface area contributed by atoms with E-state index < -0.39 is 6.30 Å². The Morgan fingerprint density at radius 2 is 1.94 bits per heavy atom. The van der Waals surface area contributed by atoms with E-state index in [0.29, 0.717) is 5.92 Å². The molecule has 0 N–H and O–H groups in total. The largest absolute Gasteiger partial charge is 0.363 e. The number of alkyl halides is 1. The van der Waals surface area contributed by atoms with Gasteiger partial charge in [0.2, 0.25) is 0 Å². The Labute approximate surface area is 198 Å². The third kappa shape index (κ3) is 4.09.